The average Bonchev–Trinajstić information content (AvgIpc) is 2.21. The first-order valence-corrected chi connectivity index (χ1v) is 8.57. The minimum Gasteiger partial charge on any atom is -0.317 e. The molecule has 4 saturated carbocycles. The maximum atomic E-state index is 4.12. The molecule has 1 nitrogen and oxygen atoms in total. The topological polar surface area (TPSA) is 12.0 Å². The van der Waals surface area contributed by atoms with Crippen LogP contribution < -0.4 is 5.32 Å². The molecule has 0 saturated heterocycles. The van der Waals surface area contributed by atoms with Gasteiger partial charge in [0.1, 0.15) is 0 Å². The van der Waals surface area contributed by atoms with Crippen molar-refractivity contribution in [3.8, 4) is 0 Å². The summed E-state index contributed by atoms with van der Waals surface area (Å²) in [4.78, 5) is 0. The molecule has 0 radical (unpaired) electrons. The lowest BCUT2D eigenvalue weighted by Crippen LogP contribution is -2.56. The molecule has 3 atom stereocenters. The molecule has 1 heteroatoms. The number of hydrogen-bond acceptors (Lipinski definition) is 1. The van der Waals surface area contributed by atoms with Gasteiger partial charge in [-0.15, -0.1) is 6.58 Å². The fourth-order valence-corrected chi connectivity index (χ4v) is 7.13. The summed E-state index contributed by atoms with van der Waals surface area (Å²) >= 11 is 0. The van der Waals surface area contributed by atoms with E-state index in [0.29, 0.717) is 22.3 Å². The number of hydrogen-bond donors (Lipinski definition) is 1. The standard InChI is InChI=1S/C19H33N/c1-14(2)6-16(20-5)10-19-9-15-7-17(3,12-19)11-18(4,8-15)13-19/h15-16,20H,1,6-13H2,2-5H3. The van der Waals surface area contributed by atoms with Crippen LogP contribution in [0.2, 0.25) is 0 Å². The van der Waals surface area contributed by atoms with Crippen molar-refractivity contribution in [2.45, 2.75) is 78.2 Å². The van der Waals surface area contributed by atoms with Crippen LogP contribution in [0.15, 0.2) is 12.2 Å². The highest BCUT2D eigenvalue weighted by atomic mass is 14.9. The molecule has 4 aliphatic carbocycles. The average molecular weight is 275 g/mol. The highest BCUT2D eigenvalue weighted by molar-refractivity contribution is 5.11. The molecule has 0 aliphatic heterocycles. The maximum absolute atomic E-state index is 4.12. The molecular weight excluding hydrogens is 242 g/mol. The summed E-state index contributed by atoms with van der Waals surface area (Å²) in [7, 11) is 2.14. The van der Waals surface area contributed by atoms with E-state index in [9.17, 15) is 0 Å². The first-order valence-electron chi connectivity index (χ1n) is 8.57. The second kappa shape index (κ2) is 4.60. The zero-order valence-corrected chi connectivity index (χ0v) is 14.0. The third-order valence-electron chi connectivity index (χ3n) is 6.42. The normalized spacial score (nSPS) is 47.5. The van der Waals surface area contributed by atoms with Crippen LogP contribution in [0.1, 0.15) is 72.1 Å². The summed E-state index contributed by atoms with van der Waals surface area (Å²) in [5, 5.41) is 3.57. The number of rotatable bonds is 5. The van der Waals surface area contributed by atoms with E-state index >= 15 is 0 Å². The molecule has 0 aromatic rings. The van der Waals surface area contributed by atoms with E-state index in [1.807, 2.05) is 0 Å². The molecular formula is C19H33N. The van der Waals surface area contributed by atoms with E-state index in [4.69, 9.17) is 0 Å². The van der Waals surface area contributed by atoms with Crippen LogP contribution in [-0.2, 0) is 0 Å². The number of nitrogens with one attached hydrogen (secondary N) is 1. The summed E-state index contributed by atoms with van der Waals surface area (Å²) < 4.78 is 0. The van der Waals surface area contributed by atoms with Crippen LogP contribution in [0.3, 0.4) is 0 Å². The molecule has 0 amide bonds. The zero-order chi connectivity index (χ0) is 14.6. The Hall–Kier alpha value is -0.300. The lowest BCUT2D eigenvalue weighted by molar-refractivity contribution is -0.149. The van der Waals surface area contributed by atoms with E-state index in [1.165, 1.54) is 50.5 Å². The Kier molecular flexibility index (Phi) is 3.36. The summed E-state index contributed by atoms with van der Waals surface area (Å²) in [6.07, 6.45) is 11.5. The lowest BCUT2D eigenvalue weighted by atomic mass is 9.39. The van der Waals surface area contributed by atoms with Gasteiger partial charge >= 0.3 is 0 Å². The monoisotopic (exact) mass is 275 g/mol. The highest BCUT2D eigenvalue weighted by Crippen LogP contribution is 2.70. The first-order chi connectivity index (χ1) is 9.26. The van der Waals surface area contributed by atoms with Gasteiger partial charge in [0.05, 0.1) is 0 Å². The first kappa shape index (κ1) is 14.6. The molecule has 114 valence electrons. The molecule has 4 aliphatic rings. The maximum Gasteiger partial charge on any atom is 0.0106 e. The predicted octanol–water partition coefficient (Wildman–Crippen LogP) is 4.93. The largest absolute Gasteiger partial charge is 0.317 e. The van der Waals surface area contributed by atoms with Crippen LogP contribution in [0.25, 0.3) is 0 Å². The smallest absolute Gasteiger partial charge is 0.0106 e. The van der Waals surface area contributed by atoms with E-state index < -0.39 is 0 Å². The Labute approximate surface area is 125 Å². The predicted molar refractivity (Wildman–Crippen MR) is 86.7 cm³/mol. The molecule has 4 rings (SSSR count). The molecule has 4 fully saturated rings. The van der Waals surface area contributed by atoms with Gasteiger partial charge in [-0.25, -0.2) is 0 Å². The minimum absolute atomic E-state index is 0.631. The van der Waals surface area contributed by atoms with Gasteiger partial charge < -0.3 is 5.32 Å². The van der Waals surface area contributed by atoms with Crippen LogP contribution in [0, 0.1) is 22.2 Å². The van der Waals surface area contributed by atoms with Crippen molar-refractivity contribution < 1.29 is 0 Å². The summed E-state index contributed by atoms with van der Waals surface area (Å²) in [6.45, 7) is 11.5. The third kappa shape index (κ3) is 2.58. The molecule has 0 aromatic carbocycles. The van der Waals surface area contributed by atoms with E-state index in [2.05, 4.69) is 39.7 Å². The van der Waals surface area contributed by atoms with E-state index in [1.54, 1.807) is 0 Å². The Morgan fingerprint density at radius 2 is 1.75 bits per heavy atom. The second-order valence-electron chi connectivity index (χ2n) is 9.48. The molecule has 0 aromatic heterocycles. The summed E-state index contributed by atoms with van der Waals surface area (Å²) in [6, 6.07) is 0.635. The van der Waals surface area contributed by atoms with E-state index in [-0.39, 0.29) is 0 Å². The fraction of sp³-hybridized carbons (Fsp3) is 0.895. The van der Waals surface area contributed by atoms with Crippen LogP contribution in [-0.4, -0.2) is 13.1 Å². The van der Waals surface area contributed by atoms with Gasteiger partial charge in [-0.05, 0) is 87.5 Å². The van der Waals surface area contributed by atoms with Gasteiger partial charge in [0, 0.05) is 6.04 Å². The molecule has 20 heavy (non-hydrogen) atoms. The van der Waals surface area contributed by atoms with Gasteiger partial charge in [-0.2, -0.15) is 0 Å². The van der Waals surface area contributed by atoms with Crippen LogP contribution in [0.4, 0.5) is 0 Å². The van der Waals surface area contributed by atoms with Crippen molar-refractivity contribution in [1.82, 2.24) is 5.32 Å². The van der Waals surface area contributed by atoms with Gasteiger partial charge in [-0.1, -0.05) is 19.4 Å². The van der Waals surface area contributed by atoms with Crippen molar-refractivity contribution in [2.75, 3.05) is 7.05 Å². The summed E-state index contributed by atoms with van der Waals surface area (Å²) in [5.74, 6) is 1.02. The Bertz CT molecular complexity index is 392. The molecule has 4 bridgehead atoms. The molecule has 0 spiro atoms. The quantitative estimate of drug-likeness (QED) is 0.702. The van der Waals surface area contributed by atoms with Crippen molar-refractivity contribution in [3.05, 3.63) is 12.2 Å². The molecule has 3 unspecified atom stereocenters. The Balaban J connectivity index is 1.80. The van der Waals surface area contributed by atoms with Gasteiger partial charge in [0.15, 0.2) is 0 Å². The third-order valence-corrected chi connectivity index (χ3v) is 6.42. The molecule has 0 heterocycles. The fourth-order valence-electron chi connectivity index (χ4n) is 7.13. The Morgan fingerprint density at radius 3 is 2.20 bits per heavy atom. The van der Waals surface area contributed by atoms with Crippen LogP contribution in [0.5, 0.6) is 0 Å². The van der Waals surface area contributed by atoms with Gasteiger partial charge in [0.2, 0.25) is 0 Å². The zero-order valence-electron chi connectivity index (χ0n) is 14.0. The van der Waals surface area contributed by atoms with Crippen molar-refractivity contribution >= 4 is 0 Å². The van der Waals surface area contributed by atoms with Crippen molar-refractivity contribution in [3.63, 3.8) is 0 Å². The van der Waals surface area contributed by atoms with Crippen molar-refractivity contribution in [1.29, 1.82) is 0 Å². The minimum atomic E-state index is 0.631. The Morgan fingerprint density at radius 1 is 1.15 bits per heavy atom. The van der Waals surface area contributed by atoms with E-state index in [0.717, 1.165) is 12.3 Å². The van der Waals surface area contributed by atoms with Crippen LogP contribution >= 0.6 is 0 Å². The van der Waals surface area contributed by atoms with Gasteiger partial charge in [0.25, 0.3) is 0 Å². The van der Waals surface area contributed by atoms with Crippen molar-refractivity contribution in [2.24, 2.45) is 22.2 Å². The lowest BCUT2D eigenvalue weighted by Gasteiger charge is -2.66. The second-order valence-corrected chi connectivity index (χ2v) is 9.48. The highest BCUT2D eigenvalue weighted by Gasteiger charge is 2.59. The van der Waals surface area contributed by atoms with Gasteiger partial charge in [-0.3, -0.25) is 0 Å². The summed E-state index contributed by atoms with van der Waals surface area (Å²) in [5.41, 5.74) is 3.25. The SMILES string of the molecule is C=C(C)CC(CC12CC3CC(C)(CC(C)(C3)C1)C2)NC. The molecule has 1 N–H and O–H groups in total.